The predicted molar refractivity (Wildman–Crippen MR) is 42.5 cm³/mol. The first kappa shape index (κ1) is 22.5. The SMILES string of the molecule is Br.[Cl-].[H-].[H-].[Li+].[Mg+2].c1ccncc1. The zero-order valence-electron chi connectivity index (χ0n) is 7.83. The van der Waals surface area contributed by atoms with Gasteiger partial charge in [0.15, 0.2) is 0 Å². The summed E-state index contributed by atoms with van der Waals surface area (Å²) in [6, 6.07) is 5.72. The van der Waals surface area contributed by atoms with Gasteiger partial charge in [0.1, 0.15) is 0 Å². The van der Waals surface area contributed by atoms with E-state index < -0.39 is 0 Å². The van der Waals surface area contributed by atoms with E-state index in [9.17, 15) is 0 Å². The minimum atomic E-state index is 0. The van der Waals surface area contributed by atoms with Crippen molar-refractivity contribution in [2.45, 2.75) is 0 Å². The number of pyridine rings is 1. The molecule has 5 heteroatoms. The Morgan fingerprint density at radius 3 is 1.50 bits per heavy atom. The quantitative estimate of drug-likeness (QED) is 0.408. The Bertz CT molecular complexity index is 101. The molecule has 0 saturated heterocycles. The van der Waals surface area contributed by atoms with E-state index >= 15 is 0 Å². The summed E-state index contributed by atoms with van der Waals surface area (Å²) in [5, 5.41) is 0. The summed E-state index contributed by atoms with van der Waals surface area (Å²) in [7, 11) is 0. The van der Waals surface area contributed by atoms with Crippen molar-refractivity contribution in [1.82, 2.24) is 4.98 Å². The van der Waals surface area contributed by atoms with E-state index in [0.29, 0.717) is 0 Å². The number of hydrogen-bond donors (Lipinski definition) is 0. The Morgan fingerprint density at radius 1 is 1.00 bits per heavy atom. The average molecular weight is 229 g/mol. The fourth-order valence-corrected chi connectivity index (χ4v) is 0.313. The number of nitrogens with zero attached hydrogens (tertiary/aromatic N) is 1. The summed E-state index contributed by atoms with van der Waals surface area (Å²) < 4.78 is 0. The van der Waals surface area contributed by atoms with Gasteiger partial charge < -0.3 is 15.3 Å². The van der Waals surface area contributed by atoms with Gasteiger partial charge in [-0.15, -0.1) is 17.0 Å². The minimum Gasteiger partial charge on any atom is -1.00 e. The molecule has 0 aliphatic carbocycles. The molecule has 0 aliphatic rings. The molecule has 1 heterocycles. The molecule has 0 atom stereocenters. The summed E-state index contributed by atoms with van der Waals surface area (Å²) >= 11 is 0. The molecule has 1 nitrogen and oxygen atoms in total. The average Bonchev–Trinajstić information content (AvgIpc) is 1.72. The number of halogens is 2. The molecule has 0 amide bonds. The van der Waals surface area contributed by atoms with Gasteiger partial charge in [-0.1, -0.05) is 6.07 Å². The molecule has 50 valence electrons. The van der Waals surface area contributed by atoms with Crippen LogP contribution in [0.1, 0.15) is 2.85 Å². The van der Waals surface area contributed by atoms with Crippen LogP contribution in [0.15, 0.2) is 30.6 Å². The van der Waals surface area contributed by atoms with Crippen LogP contribution in [0.4, 0.5) is 0 Å². The third-order valence-corrected chi connectivity index (χ3v) is 0.566. The minimum absolute atomic E-state index is 0. The fraction of sp³-hybridized carbons (Fsp3) is 0. The molecule has 0 aromatic carbocycles. The molecule has 1 rings (SSSR count). The maximum absolute atomic E-state index is 3.78. The zero-order valence-corrected chi connectivity index (χ0v) is 9.71. The first-order valence-corrected chi connectivity index (χ1v) is 1.85. The van der Waals surface area contributed by atoms with Crippen molar-refractivity contribution >= 4 is 40.0 Å². The Balaban J connectivity index is -0.0000000150. The molecular formula is C5H8BrClLiMgN. The van der Waals surface area contributed by atoms with Crippen molar-refractivity contribution in [3.63, 3.8) is 0 Å². The van der Waals surface area contributed by atoms with E-state index in [2.05, 4.69) is 4.98 Å². The van der Waals surface area contributed by atoms with Gasteiger partial charge >= 0.3 is 41.9 Å². The Hall–Kier alpha value is 1.28. The summed E-state index contributed by atoms with van der Waals surface area (Å²) in [6.45, 7) is 0. The molecule has 10 heavy (non-hydrogen) atoms. The van der Waals surface area contributed by atoms with Crippen LogP contribution < -0.4 is 31.3 Å². The summed E-state index contributed by atoms with van der Waals surface area (Å²) in [5.41, 5.74) is 0. The zero-order chi connectivity index (χ0) is 4.24. The van der Waals surface area contributed by atoms with Gasteiger partial charge in [0.2, 0.25) is 0 Å². The van der Waals surface area contributed by atoms with Crippen LogP contribution in [0.25, 0.3) is 0 Å². The van der Waals surface area contributed by atoms with Gasteiger partial charge in [-0.2, -0.15) is 0 Å². The van der Waals surface area contributed by atoms with Gasteiger partial charge in [0.25, 0.3) is 0 Å². The molecule has 0 spiro atoms. The third-order valence-electron chi connectivity index (χ3n) is 0.566. The van der Waals surface area contributed by atoms with Crippen LogP contribution in [0.3, 0.4) is 0 Å². The van der Waals surface area contributed by atoms with Crippen molar-refractivity contribution in [2.75, 3.05) is 0 Å². The van der Waals surface area contributed by atoms with E-state index in [0.717, 1.165) is 0 Å². The monoisotopic (exact) mass is 227 g/mol. The molecule has 1 aromatic heterocycles. The Labute approximate surface area is 109 Å². The standard InChI is InChI=1S/C5H5N.BrH.ClH.Li.Mg.2H/c1-2-4-6-5-3-1;;;;;;/h1-5H;2*1H;;;;/q;;;+1;+2;2*-1/p-1. The van der Waals surface area contributed by atoms with Crippen LogP contribution >= 0.6 is 17.0 Å². The molecule has 1 aromatic rings. The molecular weight excluding hydrogens is 221 g/mol. The fourth-order valence-electron chi connectivity index (χ4n) is 0.313. The number of hydrogen-bond acceptors (Lipinski definition) is 1. The van der Waals surface area contributed by atoms with E-state index in [4.69, 9.17) is 0 Å². The second kappa shape index (κ2) is 16.7. The second-order valence-electron chi connectivity index (χ2n) is 1.02. The Morgan fingerprint density at radius 2 is 1.40 bits per heavy atom. The molecule has 0 fully saturated rings. The van der Waals surface area contributed by atoms with E-state index in [1.54, 1.807) is 12.4 Å². The Kier molecular flexibility index (Phi) is 37.6. The van der Waals surface area contributed by atoms with Crippen molar-refractivity contribution in [1.29, 1.82) is 0 Å². The molecule has 0 unspecified atom stereocenters. The van der Waals surface area contributed by atoms with Crippen molar-refractivity contribution in [3.05, 3.63) is 30.6 Å². The normalized spacial score (nSPS) is 4.80. The van der Waals surface area contributed by atoms with Crippen molar-refractivity contribution in [2.24, 2.45) is 0 Å². The maximum atomic E-state index is 3.78. The summed E-state index contributed by atoms with van der Waals surface area (Å²) in [6.07, 6.45) is 3.50. The van der Waals surface area contributed by atoms with E-state index in [-0.39, 0.29) is 74.2 Å². The largest absolute Gasteiger partial charge is 2.00 e. The second-order valence-corrected chi connectivity index (χ2v) is 1.02. The van der Waals surface area contributed by atoms with Gasteiger partial charge in [0, 0.05) is 12.4 Å². The van der Waals surface area contributed by atoms with Gasteiger partial charge in [-0.05, 0) is 12.1 Å². The smallest absolute Gasteiger partial charge is 1.00 e. The maximum Gasteiger partial charge on any atom is 2.00 e. The van der Waals surface area contributed by atoms with Crippen LogP contribution in [0.2, 0.25) is 0 Å². The van der Waals surface area contributed by atoms with Crippen LogP contribution in [-0.4, -0.2) is 28.0 Å². The molecule has 0 radical (unpaired) electrons. The molecule has 0 aliphatic heterocycles. The van der Waals surface area contributed by atoms with Gasteiger partial charge in [-0.25, -0.2) is 0 Å². The molecule has 0 N–H and O–H groups in total. The summed E-state index contributed by atoms with van der Waals surface area (Å²) in [4.78, 5) is 3.78. The number of aromatic nitrogens is 1. The summed E-state index contributed by atoms with van der Waals surface area (Å²) in [5.74, 6) is 0. The van der Waals surface area contributed by atoms with Crippen LogP contribution in [0.5, 0.6) is 0 Å². The molecule has 0 saturated carbocycles. The molecule has 0 bridgehead atoms. The van der Waals surface area contributed by atoms with E-state index in [1.807, 2.05) is 18.2 Å². The predicted octanol–water partition coefficient (Wildman–Crippen LogP) is -4.49. The van der Waals surface area contributed by atoms with Crippen LogP contribution in [0, 0.1) is 0 Å². The topological polar surface area (TPSA) is 12.9 Å². The number of rotatable bonds is 0. The van der Waals surface area contributed by atoms with Gasteiger partial charge in [-0.3, -0.25) is 4.98 Å². The van der Waals surface area contributed by atoms with Crippen molar-refractivity contribution in [3.8, 4) is 0 Å². The van der Waals surface area contributed by atoms with Gasteiger partial charge in [0.05, 0.1) is 0 Å². The van der Waals surface area contributed by atoms with E-state index in [1.165, 1.54) is 0 Å². The first-order valence-electron chi connectivity index (χ1n) is 1.85. The third kappa shape index (κ3) is 12.0. The van der Waals surface area contributed by atoms with Crippen LogP contribution in [-0.2, 0) is 0 Å². The van der Waals surface area contributed by atoms with Crippen molar-refractivity contribution < 1.29 is 34.1 Å². The first-order chi connectivity index (χ1) is 3.00.